The Hall–Kier alpha value is -2.17. The predicted octanol–water partition coefficient (Wildman–Crippen LogP) is 4.71. The molecule has 1 heterocycles. The fourth-order valence-corrected chi connectivity index (χ4v) is 2.38. The van der Waals surface area contributed by atoms with E-state index in [0.717, 1.165) is 11.3 Å². The van der Waals surface area contributed by atoms with Crippen LogP contribution in [-0.4, -0.2) is 16.1 Å². The second-order valence-electron chi connectivity index (χ2n) is 7.31. The standard InChI is InChI=1S/C18H24FN3O/c1-11(2)15-17(20-14(23)10-18(3,4)5)16(22-21-15)12-6-8-13(19)9-7-12/h6-9,11H,10H2,1-5H3,(H,20,23)(H,21,22). The third-order valence-corrected chi connectivity index (χ3v) is 3.44. The fourth-order valence-electron chi connectivity index (χ4n) is 2.38. The Kier molecular flexibility index (Phi) is 4.88. The fraction of sp³-hybridized carbons (Fsp3) is 0.444. The first kappa shape index (κ1) is 17.2. The van der Waals surface area contributed by atoms with Crippen LogP contribution in [-0.2, 0) is 4.79 Å². The number of rotatable bonds is 4. The highest BCUT2D eigenvalue weighted by Gasteiger charge is 2.22. The van der Waals surface area contributed by atoms with Crippen molar-refractivity contribution in [3.05, 3.63) is 35.8 Å². The first-order chi connectivity index (χ1) is 10.7. The van der Waals surface area contributed by atoms with E-state index in [1.165, 1.54) is 12.1 Å². The van der Waals surface area contributed by atoms with Gasteiger partial charge in [-0.15, -0.1) is 0 Å². The summed E-state index contributed by atoms with van der Waals surface area (Å²) in [5, 5.41) is 10.3. The van der Waals surface area contributed by atoms with Gasteiger partial charge in [-0.2, -0.15) is 5.10 Å². The van der Waals surface area contributed by atoms with Crippen LogP contribution >= 0.6 is 0 Å². The van der Waals surface area contributed by atoms with Crippen LogP contribution in [0.25, 0.3) is 11.3 Å². The molecule has 1 aromatic heterocycles. The molecule has 0 radical (unpaired) electrons. The van der Waals surface area contributed by atoms with Crippen molar-refractivity contribution < 1.29 is 9.18 Å². The van der Waals surface area contributed by atoms with E-state index in [4.69, 9.17) is 0 Å². The lowest BCUT2D eigenvalue weighted by atomic mass is 9.92. The topological polar surface area (TPSA) is 57.8 Å². The van der Waals surface area contributed by atoms with Crippen LogP contribution in [0.5, 0.6) is 0 Å². The van der Waals surface area contributed by atoms with E-state index < -0.39 is 0 Å². The number of hydrogen-bond donors (Lipinski definition) is 2. The number of anilines is 1. The first-order valence-electron chi connectivity index (χ1n) is 7.81. The van der Waals surface area contributed by atoms with Gasteiger partial charge in [-0.25, -0.2) is 4.39 Å². The molecule has 0 saturated carbocycles. The molecule has 1 amide bonds. The van der Waals surface area contributed by atoms with Gasteiger partial charge in [0.2, 0.25) is 5.91 Å². The van der Waals surface area contributed by atoms with Crippen molar-refractivity contribution in [1.29, 1.82) is 0 Å². The molecule has 0 spiro atoms. The van der Waals surface area contributed by atoms with Crippen molar-refractivity contribution in [3.63, 3.8) is 0 Å². The van der Waals surface area contributed by atoms with Gasteiger partial charge >= 0.3 is 0 Å². The smallest absolute Gasteiger partial charge is 0.225 e. The largest absolute Gasteiger partial charge is 0.323 e. The van der Waals surface area contributed by atoms with Crippen LogP contribution in [0, 0.1) is 11.2 Å². The summed E-state index contributed by atoms with van der Waals surface area (Å²) in [6.45, 7) is 10.1. The molecule has 0 aliphatic rings. The number of carbonyl (C=O) groups is 1. The van der Waals surface area contributed by atoms with E-state index in [1.807, 2.05) is 34.6 Å². The number of benzene rings is 1. The Bertz CT molecular complexity index is 681. The normalized spacial score (nSPS) is 11.8. The maximum Gasteiger partial charge on any atom is 0.225 e. The molecule has 4 nitrogen and oxygen atoms in total. The monoisotopic (exact) mass is 317 g/mol. The Morgan fingerprint density at radius 3 is 2.39 bits per heavy atom. The molecule has 5 heteroatoms. The molecule has 2 rings (SSSR count). The molecule has 1 aromatic carbocycles. The third kappa shape index (κ3) is 4.41. The Morgan fingerprint density at radius 2 is 1.87 bits per heavy atom. The zero-order chi connectivity index (χ0) is 17.2. The molecule has 124 valence electrons. The SMILES string of the molecule is CC(C)c1[nH]nc(-c2ccc(F)cc2)c1NC(=O)CC(C)(C)C. The van der Waals surface area contributed by atoms with Gasteiger partial charge in [0.15, 0.2) is 0 Å². The lowest BCUT2D eigenvalue weighted by molar-refractivity contribution is -0.117. The van der Waals surface area contributed by atoms with Gasteiger partial charge in [0.25, 0.3) is 0 Å². The van der Waals surface area contributed by atoms with Gasteiger partial charge in [-0.05, 0) is 35.6 Å². The highest BCUT2D eigenvalue weighted by atomic mass is 19.1. The summed E-state index contributed by atoms with van der Waals surface area (Å²) in [7, 11) is 0. The van der Waals surface area contributed by atoms with Crippen molar-refractivity contribution in [2.24, 2.45) is 5.41 Å². The van der Waals surface area contributed by atoms with Gasteiger partial charge in [0, 0.05) is 12.0 Å². The summed E-state index contributed by atoms with van der Waals surface area (Å²) in [6.07, 6.45) is 0.415. The number of H-pyrrole nitrogens is 1. The van der Waals surface area contributed by atoms with E-state index in [2.05, 4.69) is 15.5 Å². The van der Waals surface area contributed by atoms with Crippen molar-refractivity contribution in [2.75, 3.05) is 5.32 Å². The number of nitrogens with zero attached hydrogens (tertiary/aromatic N) is 1. The molecule has 0 saturated heterocycles. The van der Waals surface area contributed by atoms with Crippen LogP contribution in [0.4, 0.5) is 10.1 Å². The zero-order valence-corrected chi connectivity index (χ0v) is 14.3. The maximum atomic E-state index is 13.1. The molecular formula is C18H24FN3O. The molecule has 0 aliphatic heterocycles. The number of nitrogens with one attached hydrogen (secondary N) is 2. The zero-order valence-electron chi connectivity index (χ0n) is 14.3. The molecule has 2 N–H and O–H groups in total. The average molecular weight is 317 g/mol. The van der Waals surface area contributed by atoms with Gasteiger partial charge in [-0.1, -0.05) is 34.6 Å². The number of halogens is 1. The van der Waals surface area contributed by atoms with E-state index in [0.29, 0.717) is 17.8 Å². The Balaban J connectivity index is 2.37. The summed E-state index contributed by atoms with van der Waals surface area (Å²) >= 11 is 0. The Labute approximate surface area is 136 Å². The quantitative estimate of drug-likeness (QED) is 0.857. The maximum absolute atomic E-state index is 13.1. The van der Waals surface area contributed by atoms with Crippen LogP contribution in [0.1, 0.15) is 52.7 Å². The average Bonchev–Trinajstić information content (AvgIpc) is 2.81. The lowest BCUT2D eigenvalue weighted by Gasteiger charge is -2.18. The number of aromatic amines is 1. The molecule has 0 fully saturated rings. The lowest BCUT2D eigenvalue weighted by Crippen LogP contribution is -2.20. The summed E-state index contributed by atoms with van der Waals surface area (Å²) in [5.41, 5.74) is 2.85. The third-order valence-electron chi connectivity index (χ3n) is 3.44. The number of aromatic nitrogens is 2. The highest BCUT2D eigenvalue weighted by molar-refractivity contribution is 5.96. The van der Waals surface area contributed by atoms with Crippen molar-refractivity contribution in [2.45, 2.75) is 47.0 Å². The van der Waals surface area contributed by atoms with Gasteiger partial charge in [0.1, 0.15) is 11.5 Å². The first-order valence-corrected chi connectivity index (χ1v) is 7.81. The number of carbonyl (C=O) groups excluding carboxylic acids is 1. The van der Waals surface area contributed by atoms with E-state index >= 15 is 0 Å². The molecule has 0 unspecified atom stereocenters. The minimum Gasteiger partial charge on any atom is -0.323 e. The second-order valence-corrected chi connectivity index (χ2v) is 7.31. The predicted molar refractivity (Wildman–Crippen MR) is 90.8 cm³/mol. The summed E-state index contributed by atoms with van der Waals surface area (Å²) < 4.78 is 13.1. The van der Waals surface area contributed by atoms with E-state index in [9.17, 15) is 9.18 Å². The number of amides is 1. The van der Waals surface area contributed by atoms with Gasteiger partial charge in [0.05, 0.1) is 11.4 Å². The van der Waals surface area contributed by atoms with Crippen molar-refractivity contribution in [3.8, 4) is 11.3 Å². The minimum atomic E-state index is -0.299. The molecular weight excluding hydrogens is 293 g/mol. The minimum absolute atomic E-state index is 0.0517. The van der Waals surface area contributed by atoms with Crippen LogP contribution in [0.15, 0.2) is 24.3 Å². The molecule has 0 atom stereocenters. The summed E-state index contributed by atoms with van der Waals surface area (Å²) in [4.78, 5) is 12.3. The van der Waals surface area contributed by atoms with Crippen molar-refractivity contribution >= 4 is 11.6 Å². The second kappa shape index (κ2) is 6.52. The summed E-state index contributed by atoms with van der Waals surface area (Å²) in [6, 6.07) is 6.10. The van der Waals surface area contributed by atoms with Crippen LogP contribution in [0.3, 0.4) is 0 Å². The van der Waals surface area contributed by atoms with Gasteiger partial charge < -0.3 is 5.32 Å². The molecule has 0 aliphatic carbocycles. The van der Waals surface area contributed by atoms with Crippen LogP contribution in [0.2, 0.25) is 0 Å². The summed E-state index contributed by atoms with van der Waals surface area (Å²) in [5.74, 6) is -0.169. The highest BCUT2D eigenvalue weighted by Crippen LogP contribution is 2.33. The van der Waals surface area contributed by atoms with Crippen LogP contribution < -0.4 is 5.32 Å². The van der Waals surface area contributed by atoms with Gasteiger partial charge in [-0.3, -0.25) is 9.89 Å². The Morgan fingerprint density at radius 1 is 1.26 bits per heavy atom. The van der Waals surface area contributed by atoms with E-state index in [-0.39, 0.29) is 23.1 Å². The van der Waals surface area contributed by atoms with Crippen molar-refractivity contribution in [1.82, 2.24) is 10.2 Å². The number of hydrogen-bond acceptors (Lipinski definition) is 2. The molecule has 0 bridgehead atoms. The molecule has 2 aromatic rings. The molecule has 23 heavy (non-hydrogen) atoms. The van der Waals surface area contributed by atoms with E-state index in [1.54, 1.807) is 12.1 Å².